The van der Waals surface area contributed by atoms with Crippen molar-refractivity contribution in [3.05, 3.63) is 0 Å². The molecule has 0 atom stereocenters. The molecule has 0 rings (SSSR count). The van der Waals surface area contributed by atoms with Gasteiger partial charge in [-0.1, -0.05) is 0 Å². The molecule has 0 fully saturated rings. The van der Waals surface area contributed by atoms with Gasteiger partial charge >= 0.3 is 278 Å². The Bertz CT molecular complexity index is 383. The molecule has 0 aliphatic carbocycles. The zero-order chi connectivity index (χ0) is 30.8. The van der Waals surface area contributed by atoms with Gasteiger partial charge in [0.1, 0.15) is 0 Å². The third-order valence-electron chi connectivity index (χ3n) is 3.00. The minimum absolute atomic E-state index is 0.182. The van der Waals surface area contributed by atoms with Crippen molar-refractivity contribution in [1.82, 2.24) is 0 Å². The van der Waals surface area contributed by atoms with Gasteiger partial charge in [-0.25, -0.2) is 0 Å². The summed E-state index contributed by atoms with van der Waals surface area (Å²) in [6.45, 7) is 56.8. The summed E-state index contributed by atoms with van der Waals surface area (Å²) in [6.07, 6.45) is 0. The van der Waals surface area contributed by atoms with Crippen molar-refractivity contribution in [1.29, 1.82) is 0 Å². The Morgan fingerprint density at radius 3 is 0.222 bits per heavy atom. The van der Waals surface area contributed by atoms with Crippen molar-refractivity contribution in [2.45, 2.75) is 194 Å². The molecule has 0 unspecified atom stereocenters. The SMILES string of the molecule is C[C](C)(C)[Sn][C](C)(C)C.C[C](C)(C)[Sn][C](C)(C)C.C[C](C)(C)[Sn][C](C)(C)C.C[C](C)(C)[Sn][C](C)(C)C. The van der Waals surface area contributed by atoms with Crippen LogP contribution in [0.15, 0.2) is 0 Å². The van der Waals surface area contributed by atoms with E-state index < -0.39 is 0 Å². The van der Waals surface area contributed by atoms with Crippen LogP contribution in [-0.4, -0.2) is 84.6 Å². The molecule has 36 heavy (non-hydrogen) atoms. The van der Waals surface area contributed by atoms with Gasteiger partial charge in [0.25, 0.3) is 0 Å². The third-order valence-corrected chi connectivity index (χ3v) is 20.1. The van der Waals surface area contributed by atoms with E-state index in [-0.39, 0.29) is 84.6 Å². The first-order chi connectivity index (χ1) is 14.8. The molecule has 8 radical (unpaired) electrons. The van der Waals surface area contributed by atoms with Crippen LogP contribution >= 0.6 is 0 Å². The standard InChI is InChI=1S/8C4H9.4Sn/c8*1-4(2)3;;;;/h8*1-3H3;;;;. The Hall–Kier alpha value is 3.19. The molecule has 0 saturated heterocycles. The fraction of sp³-hybridized carbons (Fsp3) is 1.00. The van der Waals surface area contributed by atoms with Gasteiger partial charge in [-0.15, -0.1) is 0 Å². The molecule has 216 valence electrons. The fourth-order valence-corrected chi connectivity index (χ4v) is 30.2. The van der Waals surface area contributed by atoms with Crippen LogP contribution in [0.2, 0.25) is 27.4 Å². The van der Waals surface area contributed by atoms with Crippen molar-refractivity contribution in [2.24, 2.45) is 0 Å². The van der Waals surface area contributed by atoms with Crippen molar-refractivity contribution >= 4 is 84.6 Å². The molecule has 0 aromatic heterocycles. The maximum atomic E-state index is 2.37. The van der Waals surface area contributed by atoms with Crippen molar-refractivity contribution in [3.8, 4) is 0 Å². The van der Waals surface area contributed by atoms with E-state index in [4.69, 9.17) is 0 Å². The summed E-state index contributed by atoms with van der Waals surface area (Å²) in [6, 6.07) is 0. The molecular weight excluding hydrogens is 859 g/mol. The summed E-state index contributed by atoms with van der Waals surface area (Å²) in [5.74, 6) is 0. The van der Waals surface area contributed by atoms with Gasteiger partial charge in [-0.3, -0.25) is 0 Å². The van der Waals surface area contributed by atoms with Gasteiger partial charge in [-0.2, -0.15) is 0 Å². The van der Waals surface area contributed by atoms with Crippen molar-refractivity contribution in [2.75, 3.05) is 0 Å². The molecule has 0 amide bonds. The van der Waals surface area contributed by atoms with Crippen LogP contribution in [0.3, 0.4) is 0 Å². The zero-order valence-electron chi connectivity index (χ0n) is 30.0. The van der Waals surface area contributed by atoms with Gasteiger partial charge in [-0.05, 0) is 0 Å². The third kappa shape index (κ3) is 65.9. The second kappa shape index (κ2) is 17.3. The Kier molecular flexibility index (Phi) is 22.2. The molecule has 4 heteroatoms. The summed E-state index contributed by atoms with van der Waals surface area (Å²) in [4.78, 5) is 0. The van der Waals surface area contributed by atoms with E-state index in [0.29, 0.717) is 27.4 Å². The molecule has 0 nitrogen and oxygen atoms in total. The Balaban J connectivity index is -0.000000190. The van der Waals surface area contributed by atoms with E-state index in [1.165, 1.54) is 0 Å². The van der Waals surface area contributed by atoms with E-state index in [2.05, 4.69) is 166 Å². The second-order valence-electron chi connectivity index (χ2n) is 18.5. The summed E-state index contributed by atoms with van der Waals surface area (Å²) in [5.41, 5.74) is 0. The Morgan fingerprint density at radius 2 is 0.222 bits per heavy atom. The van der Waals surface area contributed by atoms with Gasteiger partial charge in [0, 0.05) is 0 Å². The summed E-state index contributed by atoms with van der Waals surface area (Å²) >= 11 is -0.727. The molecule has 0 saturated carbocycles. The number of hydrogen-bond donors (Lipinski definition) is 0. The quantitative estimate of drug-likeness (QED) is 0.212. The normalized spacial score (nSPS) is 14.0. The van der Waals surface area contributed by atoms with E-state index in [0.717, 1.165) is 0 Å². The van der Waals surface area contributed by atoms with E-state index in [1.807, 2.05) is 0 Å². The molecule has 0 aliphatic heterocycles. The van der Waals surface area contributed by atoms with Crippen LogP contribution in [0.4, 0.5) is 0 Å². The van der Waals surface area contributed by atoms with Crippen LogP contribution in [0.25, 0.3) is 0 Å². The molecule has 0 aromatic carbocycles. The Labute approximate surface area is 274 Å². The average molecular weight is 932 g/mol. The fourth-order valence-electron chi connectivity index (χ4n) is 4.50. The molecule has 0 aliphatic rings. The van der Waals surface area contributed by atoms with E-state index >= 15 is 0 Å². The van der Waals surface area contributed by atoms with Crippen LogP contribution in [-0.2, 0) is 0 Å². The first-order valence-corrected chi connectivity index (χ1v) is 25.4. The topological polar surface area (TPSA) is 0 Å². The molecule has 0 N–H and O–H groups in total. The van der Waals surface area contributed by atoms with E-state index in [9.17, 15) is 0 Å². The summed E-state index contributed by atoms with van der Waals surface area (Å²) < 4.78 is 5.24. The predicted molar refractivity (Wildman–Crippen MR) is 181 cm³/mol. The maximum absolute atomic E-state index is 2.37. The van der Waals surface area contributed by atoms with Crippen molar-refractivity contribution < 1.29 is 0 Å². The summed E-state index contributed by atoms with van der Waals surface area (Å²) in [7, 11) is 0. The monoisotopic (exact) mass is 936 g/mol. The molecular formula is C32H72Sn4. The summed E-state index contributed by atoms with van der Waals surface area (Å²) in [5, 5.41) is 0. The number of rotatable bonds is 0. The van der Waals surface area contributed by atoms with Gasteiger partial charge in [0.2, 0.25) is 0 Å². The average Bonchev–Trinajstić information content (AvgIpc) is 2.19. The molecule has 0 spiro atoms. The van der Waals surface area contributed by atoms with Crippen LogP contribution in [0.1, 0.15) is 166 Å². The first kappa shape index (κ1) is 46.2. The van der Waals surface area contributed by atoms with Crippen LogP contribution < -0.4 is 0 Å². The van der Waals surface area contributed by atoms with Gasteiger partial charge < -0.3 is 0 Å². The van der Waals surface area contributed by atoms with Gasteiger partial charge in [0.15, 0.2) is 0 Å². The first-order valence-electron chi connectivity index (χ1n) is 14.0. The zero-order valence-corrected chi connectivity index (χ0v) is 41.4. The molecule has 0 aromatic rings. The molecule has 0 bridgehead atoms. The van der Waals surface area contributed by atoms with Gasteiger partial charge in [0.05, 0.1) is 0 Å². The van der Waals surface area contributed by atoms with Crippen LogP contribution in [0, 0.1) is 0 Å². The number of hydrogen-bond acceptors (Lipinski definition) is 0. The second-order valence-corrected chi connectivity index (χ2v) is 55.6. The Morgan fingerprint density at radius 1 is 0.167 bits per heavy atom. The van der Waals surface area contributed by atoms with Crippen LogP contribution in [0.5, 0.6) is 0 Å². The van der Waals surface area contributed by atoms with E-state index in [1.54, 1.807) is 0 Å². The van der Waals surface area contributed by atoms with Crippen molar-refractivity contribution in [3.63, 3.8) is 0 Å². The minimum atomic E-state index is -0.182. The molecule has 0 heterocycles. The predicted octanol–water partition coefficient (Wildman–Crippen LogP) is 12.5.